The number of nitrogens with one attached hydrogen (secondary N) is 1. The average molecular weight is 183 g/mol. The quantitative estimate of drug-likeness (QED) is 0.660. The molecule has 4 heteroatoms. The van der Waals surface area contributed by atoms with Gasteiger partial charge in [0.1, 0.15) is 5.15 Å². The van der Waals surface area contributed by atoms with Crippen molar-refractivity contribution in [1.82, 2.24) is 9.97 Å². The number of fused-ring (bicyclic) bond motifs is 1. The lowest BCUT2D eigenvalue weighted by Gasteiger charge is -1.92. The summed E-state index contributed by atoms with van der Waals surface area (Å²) in [7, 11) is 0. The van der Waals surface area contributed by atoms with Crippen LogP contribution in [-0.4, -0.2) is 15.1 Å². The van der Waals surface area contributed by atoms with Crippen molar-refractivity contribution in [1.29, 1.82) is 0 Å². The molecule has 0 spiro atoms. The number of aromatic nitrogens is 2. The third-order valence-electron chi connectivity index (χ3n) is 1.79. The summed E-state index contributed by atoms with van der Waals surface area (Å²) in [6.07, 6.45) is 3.40. The maximum Gasteiger partial charge on any atom is 0.129 e. The lowest BCUT2D eigenvalue weighted by molar-refractivity contribution is 0.283. The van der Waals surface area contributed by atoms with E-state index in [1.807, 2.05) is 0 Å². The summed E-state index contributed by atoms with van der Waals surface area (Å²) in [5.74, 6) is 0. The molecule has 0 saturated heterocycles. The first-order chi connectivity index (χ1) is 5.81. The van der Waals surface area contributed by atoms with Crippen LogP contribution in [0.2, 0.25) is 5.15 Å². The van der Waals surface area contributed by atoms with E-state index < -0.39 is 0 Å². The molecule has 0 amide bonds. The van der Waals surface area contributed by atoms with Gasteiger partial charge in [-0.3, -0.25) is 0 Å². The van der Waals surface area contributed by atoms with Crippen LogP contribution >= 0.6 is 11.6 Å². The van der Waals surface area contributed by atoms with Crippen LogP contribution in [0, 0.1) is 0 Å². The molecule has 0 unspecified atom stereocenters. The molecule has 12 heavy (non-hydrogen) atoms. The number of aliphatic hydroxyl groups is 1. The molecule has 0 fully saturated rings. The highest BCUT2D eigenvalue weighted by molar-refractivity contribution is 6.30. The van der Waals surface area contributed by atoms with Crippen LogP contribution in [0.4, 0.5) is 0 Å². The molecule has 2 aromatic heterocycles. The van der Waals surface area contributed by atoms with Crippen molar-refractivity contribution >= 4 is 22.5 Å². The fourth-order valence-corrected chi connectivity index (χ4v) is 1.34. The van der Waals surface area contributed by atoms with E-state index in [2.05, 4.69) is 9.97 Å². The van der Waals surface area contributed by atoms with E-state index in [0.717, 1.165) is 16.5 Å². The first-order valence-corrected chi connectivity index (χ1v) is 3.91. The standard InChI is InChI=1S/C8H7ClN2O/c9-8-1-6-5(4-12)2-10-7(6)3-11-8/h1-3,10,12H,4H2. The number of halogens is 1. The van der Waals surface area contributed by atoms with Gasteiger partial charge in [-0.05, 0) is 6.07 Å². The molecule has 0 saturated carbocycles. The van der Waals surface area contributed by atoms with Gasteiger partial charge in [-0.2, -0.15) is 0 Å². The van der Waals surface area contributed by atoms with Crippen LogP contribution in [-0.2, 0) is 6.61 Å². The molecule has 0 aromatic carbocycles. The fourth-order valence-electron chi connectivity index (χ4n) is 1.18. The number of rotatable bonds is 1. The Labute approximate surface area is 74.0 Å². The first-order valence-electron chi connectivity index (χ1n) is 3.53. The Morgan fingerprint density at radius 2 is 2.42 bits per heavy atom. The molecule has 0 aliphatic carbocycles. The van der Waals surface area contributed by atoms with Crippen LogP contribution in [0.25, 0.3) is 10.9 Å². The Hall–Kier alpha value is -1.06. The molecule has 0 aliphatic rings. The molecule has 3 nitrogen and oxygen atoms in total. The van der Waals surface area contributed by atoms with Gasteiger partial charge in [-0.25, -0.2) is 4.98 Å². The van der Waals surface area contributed by atoms with Crippen molar-refractivity contribution in [2.75, 3.05) is 0 Å². The lowest BCUT2D eigenvalue weighted by atomic mass is 10.2. The molecule has 2 N–H and O–H groups in total. The van der Waals surface area contributed by atoms with Crippen molar-refractivity contribution in [2.24, 2.45) is 0 Å². The normalized spacial score (nSPS) is 10.8. The summed E-state index contributed by atoms with van der Waals surface area (Å²) in [5.41, 5.74) is 1.73. The van der Waals surface area contributed by atoms with E-state index >= 15 is 0 Å². The highest BCUT2D eigenvalue weighted by Crippen LogP contribution is 2.19. The number of pyridine rings is 1. The SMILES string of the molecule is OCc1c[nH]c2cnc(Cl)cc12. The monoisotopic (exact) mass is 182 g/mol. The second-order valence-corrected chi connectivity index (χ2v) is 2.91. The Kier molecular flexibility index (Phi) is 1.75. The minimum Gasteiger partial charge on any atom is -0.392 e. The molecule has 62 valence electrons. The summed E-state index contributed by atoms with van der Waals surface area (Å²) in [4.78, 5) is 6.89. The minimum atomic E-state index is 0.0142. The van der Waals surface area contributed by atoms with Crippen molar-refractivity contribution in [2.45, 2.75) is 6.61 Å². The summed E-state index contributed by atoms with van der Waals surface area (Å²) in [6, 6.07) is 1.74. The molecular formula is C8H7ClN2O. The van der Waals surface area contributed by atoms with Crippen molar-refractivity contribution in [3.63, 3.8) is 0 Å². The summed E-state index contributed by atoms with van der Waals surface area (Å²) >= 11 is 5.70. The summed E-state index contributed by atoms with van der Waals surface area (Å²) < 4.78 is 0. The molecule has 0 atom stereocenters. The number of aliphatic hydroxyl groups excluding tert-OH is 1. The van der Waals surface area contributed by atoms with Gasteiger partial charge in [0.05, 0.1) is 18.3 Å². The maximum atomic E-state index is 8.93. The highest BCUT2D eigenvalue weighted by atomic mass is 35.5. The smallest absolute Gasteiger partial charge is 0.129 e. The molecule has 2 aromatic rings. The maximum absolute atomic E-state index is 8.93. The minimum absolute atomic E-state index is 0.0142. The van der Waals surface area contributed by atoms with Crippen molar-refractivity contribution in [3.05, 3.63) is 29.2 Å². The van der Waals surface area contributed by atoms with Gasteiger partial charge in [-0.1, -0.05) is 11.6 Å². The van der Waals surface area contributed by atoms with Crippen LogP contribution in [0.15, 0.2) is 18.5 Å². The number of aromatic amines is 1. The molecule has 2 rings (SSSR count). The second kappa shape index (κ2) is 2.77. The second-order valence-electron chi connectivity index (χ2n) is 2.52. The van der Waals surface area contributed by atoms with Gasteiger partial charge in [0, 0.05) is 17.1 Å². The zero-order valence-corrected chi connectivity index (χ0v) is 6.97. The number of hydrogen-bond donors (Lipinski definition) is 2. The summed E-state index contributed by atoms with van der Waals surface area (Å²) in [5, 5.41) is 10.3. The molecule has 0 aliphatic heterocycles. The van der Waals surface area contributed by atoms with Gasteiger partial charge in [0.15, 0.2) is 0 Å². The van der Waals surface area contributed by atoms with Gasteiger partial charge < -0.3 is 10.1 Å². The van der Waals surface area contributed by atoms with Gasteiger partial charge in [-0.15, -0.1) is 0 Å². The Morgan fingerprint density at radius 3 is 3.17 bits per heavy atom. The van der Waals surface area contributed by atoms with Crippen LogP contribution in [0.1, 0.15) is 5.56 Å². The van der Waals surface area contributed by atoms with Gasteiger partial charge in [0.2, 0.25) is 0 Å². The summed E-state index contributed by atoms with van der Waals surface area (Å²) in [6.45, 7) is 0.0142. The van der Waals surface area contributed by atoms with E-state index in [0.29, 0.717) is 5.15 Å². The van der Waals surface area contributed by atoms with Crippen molar-refractivity contribution in [3.8, 4) is 0 Å². The third kappa shape index (κ3) is 1.07. The fraction of sp³-hybridized carbons (Fsp3) is 0.125. The van der Waals surface area contributed by atoms with Crippen LogP contribution in [0.3, 0.4) is 0 Å². The van der Waals surface area contributed by atoms with E-state index in [1.54, 1.807) is 18.5 Å². The van der Waals surface area contributed by atoms with E-state index in [4.69, 9.17) is 16.7 Å². The first kappa shape index (κ1) is 7.58. The Balaban J connectivity index is 2.75. The topological polar surface area (TPSA) is 48.9 Å². The Bertz CT molecular complexity index is 410. The number of H-pyrrole nitrogens is 1. The number of hydrogen-bond acceptors (Lipinski definition) is 2. The molecule has 0 radical (unpaired) electrons. The highest BCUT2D eigenvalue weighted by Gasteiger charge is 2.02. The molecular weight excluding hydrogens is 176 g/mol. The predicted octanol–water partition coefficient (Wildman–Crippen LogP) is 1.71. The van der Waals surface area contributed by atoms with E-state index in [9.17, 15) is 0 Å². The third-order valence-corrected chi connectivity index (χ3v) is 2.00. The van der Waals surface area contributed by atoms with Crippen LogP contribution < -0.4 is 0 Å². The predicted molar refractivity (Wildman–Crippen MR) is 47.0 cm³/mol. The zero-order chi connectivity index (χ0) is 8.55. The average Bonchev–Trinajstić information content (AvgIpc) is 2.46. The van der Waals surface area contributed by atoms with Gasteiger partial charge >= 0.3 is 0 Å². The lowest BCUT2D eigenvalue weighted by Crippen LogP contribution is -1.79. The van der Waals surface area contributed by atoms with E-state index in [-0.39, 0.29) is 6.61 Å². The largest absolute Gasteiger partial charge is 0.392 e. The van der Waals surface area contributed by atoms with Crippen LogP contribution in [0.5, 0.6) is 0 Å². The Morgan fingerprint density at radius 1 is 1.58 bits per heavy atom. The molecule has 0 bridgehead atoms. The van der Waals surface area contributed by atoms with Gasteiger partial charge in [0.25, 0.3) is 0 Å². The zero-order valence-electron chi connectivity index (χ0n) is 6.21. The number of nitrogens with zero attached hydrogens (tertiary/aromatic N) is 1. The van der Waals surface area contributed by atoms with E-state index in [1.165, 1.54) is 0 Å². The van der Waals surface area contributed by atoms with Crippen molar-refractivity contribution < 1.29 is 5.11 Å². The molecule has 2 heterocycles.